The van der Waals surface area contributed by atoms with E-state index >= 15 is 0 Å². The van der Waals surface area contributed by atoms with Crippen molar-refractivity contribution in [1.82, 2.24) is 20.9 Å². The van der Waals surface area contributed by atoms with Crippen LogP contribution in [0.2, 0.25) is 5.02 Å². The summed E-state index contributed by atoms with van der Waals surface area (Å²) < 4.78 is 5.99. The molecule has 2 saturated carbocycles. The largest absolute Gasteiger partial charge is 0.436 e. The Bertz CT molecular complexity index is 1420. The summed E-state index contributed by atoms with van der Waals surface area (Å²) in [6.45, 7) is 4.52. The van der Waals surface area contributed by atoms with Gasteiger partial charge in [-0.1, -0.05) is 67.9 Å². The minimum Gasteiger partial charge on any atom is -0.436 e. The number of ether oxygens (including phenoxy) is 1. The third-order valence-electron chi connectivity index (χ3n) is 8.68. The van der Waals surface area contributed by atoms with Crippen LogP contribution in [0.4, 0.5) is 4.79 Å². The van der Waals surface area contributed by atoms with Gasteiger partial charge >= 0.3 is 6.09 Å². The maximum absolute atomic E-state index is 14.1. The lowest BCUT2D eigenvalue weighted by molar-refractivity contribution is -0.142. The van der Waals surface area contributed by atoms with E-state index in [9.17, 15) is 24.0 Å². The Kier molecular flexibility index (Phi) is 10.1. The van der Waals surface area contributed by atoms with Gasteiger partial charge in [-0.3, -0.25) is 24.1 Å². The van der Waals surface area contributed by atoms with Gasteiger partial charge in [0, 0.05) is 30.1 Å². The summed E-state index contributed by atoms with van der Waals surface area (Å²) in [5, 5.41) is 8.66. The van der Waals surface area contributed by atoms with Gasteiger partial charge in [-0.05, 0) is 74.1 Å². The van der Waals surface area contributed by atoms with Crippen LogP contribution in [0.3, 0.4) is 0 Å². The topological polar surface area (TPSA) is 134 Å². The van der Waals surface area contributed by atoms with Crippen molar-refractivity contribution in [1.29, 1.82) is 0 Å². The SMILES string of the molecule is CC(C)CC(OC(=O)N(Cc1ccccc1)C1(c2cccc(Cl)c2)CC1)C(=O)NC(CC1CCNC1=O)C(=O)C(=O)NC1CC1. The fraction of sp³-hybridized carbons (Fsp3) is 0.500. The fourth-order valence-corrected chi connectivity index (χ4v) is 6.07. The Morgan fingerprint density at radius 3 is 2.38 bits per heavy atom. The highest BCUT2D eigenvalue weighted by atomic mass is 35.5. The standard InChI is InChI=1S/C34H41ClN4O6/c1-21(2)17-28(31(42)38-27(18-23-13-16-36-30(23)41)29(40)32(43)37-26-11-12-26)45-33(44)39(20-22-7-4-3-5-8-22)34(14-15-34)24-9-6-10-25(35)19-24/h3-10,19,21,23,26-28H,11-18,20H2,1-2H3,(H,36,41)(H,37,43)(H,38,42). The second-order valence-electron chi connectivity index (χ2n) is 12.8. The maximum Gasteiger partial charge on any atom is 0.411 e. The molecule has 3 N–H and O–H groups in total. The summed E-state index contributed by atoms with van der Waals surface area (Å²) in [7, 11) is 0. The molecule has 3 unspecified atom stereocenters. The summed E-state index contributed by atoms with van der Waals surface area (Å²) in [4.78, 5) is 67.8. The number of ketones is 1. The molecular weight excluding hydrogens is 596 g/mol. The zero-order valence-corrected chi connectivity index (χ0v) is 26.5. The molecule has 5 rings (SSSR count). The van der Waals surface area contributed by atoms with E-state index in [1.165, 1.54) is 0 Å². The minimum atomic E-state index is -1.24. The number of hydrogen-bond donors (Lipinski definition) is 3. The van der Waals surface area contributed by atoms with E-state index in [2.05, 4.69) is 16.0 Å². The lowest BCUT2D eigenvalue weighted by Gasteiger charge is -2.34. The lowest BCUT2D eigenvalue weighted by atomic mass is 9.94. The van der Waals surface area contributed by atoms with Crippen molar-refractivity contribution in [3.8, 4) is 0 Å². The second kappa shape index (κ2) is 14.0. The smallest absolute Gasteiger partial charge is 0.411 e. The lowest BCUT2D eigenvalue weighted by Crippen LogP contribution is -2.53. The number of carbonyl (C=O) groups is 5. The van der Waals surface area contributed by atoms with Crippen molar-refractivity contribution in [2.24, 2.45) is 11.8 Å². The molecule has 2 aromatic carbocycles. The third kappa shape index (κ3) is 8.22. The van der Waals surface area contributed by atoms with Gasteiger partial charge in [0.1, 0.15) is 0 Å². The van der Waals surface area contributed by atoms with Crippen LogP contribution in [-0.4, -0.2) is 59.2 Å². The molecule has 3 fully saturated rings. The molecule has 0 aromatic heterocycles. The molecule has 240 valence electrons. The highest BCUT2D eigenvalue weighted by Crippen LogP contribution is 2.52. The van der Waals surface area contributed by atoms with Crippen LogP contribution in [0.5, 0.6) is 0 Å². The number of Topliss-reactive ketones (excluding diaryl/α,β-unsaturated/α-hetero) is 1. The molecule has 11 heteroatoms. The number of amides is 4. The molecule has 0 radical (unpaired) electrons. The van der Waals surface area contributed by atoms with Gasteiger partial charge in [-0.2, -0.15) is 0 Å². The molecule has 3 aliphatic rings. The first-order chi connectivity index (χ1) is 21.6. The number of benzene rings is 2. The zero-order chi connectivity index (χ0) is 32.1. The predicted octanol–water partition coefficient (Wildman–Crippen LogP) is 4.24. The molecular formula is C34H41ClN4O6. The zero-order valence-electron chi connectivity index (χ0n) is 25.7. The van der Waals surface area contributed by atoms with E-state index in [4.69, 9.17) is 16.3 Å². The Balaban J connectivity index is 1.37. The average molecular weight is 637 g/mol. The van der Waals surface area contributed by atoms with Crippen LogP contribution < -0.4 is 16.0 Å². The van der Waals surface area contributed by atoms with Gasteiger partial charge in [0.05, 0.1) is 11.6 Å². The van der Waals surface area contributed by atoms with Gasteiger partial charge in [0.2, 0.25) is 11.7 Å². The number of nitrogens with zero attached hydrogens (tertiary/aromatic N) is 1. The number of carbonyl (C=O) groups excluding carboxylic acids is 5. The van der Waals surface area contributed by atoms with E-state index in [-0.39, 0.29) is 37.3 Å². The summed E-state index contributed by atoms with van der Waals surface area (Å²) in [5.74, 6) is -3.06. The first-order valence-electron chi connectivity index (χ1n) is 15.8. The van der Waals surface area contributed by atoms with Crippen molar-refractivity contribution in [2.75, 3.05) is 6.54 Å². The minimum absolute atomic E-state index is 0.0190. The van der Waals surface area contributed by atoms with Crippen LogP contribution in [0, 0.1) is 11.8 Å². The first-order valence-corrected chi connectivity index (χ1v) is 16.1. The quantitative estimate of drug-likeness (QED) is 0.266. The number of halogens is 1. The molecule has 4 amide bonds. The molecule has 10 nitrogen and oxygen atoms in total. The predicted molar refractivity (Wildman–Crippen MR) is 168 cm³/mol. The van der Waals surface area contributed by atoms with Crippen LogP contribution in [0.15, 0.2) is 54.6 Å². The number of rotatable bonds is 14. The highest BCUT2D eigenvalue weighted by molar-refractivity contribution is 6.38. The Labute approximate surface area is 268 Å². The van der Waals surface area contributed by atoms with Gasteiger partial charge < -0.3 is 20.7 Å². The van der Waals surface area contributed by atoms with Crippen molar-refractivity contribution in [2.45, 2.75) is 89.1 Å². The molecule has 45 heavy (non-hydrogen) atoms. The number of nitrogens with one attached hydrogen (secondary N) is 3. The molecule has 0 bridgehead atoms. The molecule has 2 aliphatic carbocycles. The fourth-order valence-electron chi connectivity index (χ4n) is 5.88. The van der Waals surface area contributed by atoms with Gasteiger partial charge in [-0.25, -0.2) is 4.79 Å². The summed E-state index contributed by atoms with van der Waals surface area (Å²) in [6.07, 6.45) is 1.76. The van der Waals surface area contributed by atoms with Crippen molar-refractivity contribution in [3.05, 3.63) is 70.7 Å². The van der Waals surface area contributed by atoms with Crippen molar-refractivity contribution in [3.63, 3.8) is 0 Å². The van der Waals surface area contributed by atoms with E-state index < -0.39 is 47.3 Å². The molecule has 0 spiro atoms. The van der Waals surface area contributed by atoms with E-state index in [1.54, 1.807) is 11.0 Å². The van der Waals surface area contributed by atoms with Crippen LogP contribution >= 0.6 is 11.6 Å². The molecule has 1 aliphatic heterocycles. The Morgan fingerprint density at radius 2 is 1.78 bits per heavy atom. The Hall–Kier alpha value is -3.92. The molecule has 1 saturated heterocycles. The highest BCUT2D eigenvalue weighted by Gasteiger charge is 2.53. The van der Waals surface area contributed by atoms with Crippen molar-refractivity contribution >= 4 is 41.2 Å². The maximum atomic E-state index is 14.1. The third-order valence-corrected chi connectivity index (χ3v) is 8.91. The van der Waals surface area contributed by atoms with Gasteiger partial charge in [0.25, 0.3) is 11.8 Å². The van der Waals surface area contributed by atoms with Crippen molar-refractivity contribution < 1.29 is 28.7 Å². The summed E-state index contributed by atoms with van der Waals surface area (Å²) in [6, 6.07) is 15.7. The first kappa shape index (κ1) is 32.5. The number of hydrogen-bond acceptors (Lipinski definition) is 6. The monoisotopic (exact) mass is 636 g/mol. The van der Waals surface area contributed by atoms with Crippen LogP contribution in [-0.2, 0) is 36.0 Å². The normalized spacial score (nSPS) is 19.6. The van der Waals surface area contributed by atoms with Crippen LogP contribution in [0.1, 0.15) is 69.9 Å². The van der Waals surface area contributed by atoms with E-state index in [0.717, 1.165) is 24.0 Å². The van der Waals surface area contributed by atoms with Gasteiger partial charge in [0.15, 0.2) is 6.10 Å². The van der Waals surface area contributed by atoms with E-state index in [0.29, 0.717) is 30.8 Å². The average Bonchev–Trinajstić information content (AvgIpc) is 3.95. The van der Waals surface area contributed by atoms with Gasteiger partial charge in [-0.15, -0.1) is 0 Å². The summed E-state index contributed by atoms with van der Waals surface area (Å²) in [5.41, 5.74) is 1.14. The molecule has 1 heterocycles. The molecule has 3 atom stereocenters. The van der Waals surface area contributed by atoms with Crippen LogP contribution in [0.25, 0.3) is 0 Å². The van der Waals surface area contributed by atoms with E-state index in [1.807, 2.05) is 62.4 Å². The summed E-state index contributed by atoms with van der Waals surface area (Å²) >= 11 is 6.33. The molecule has 2 aromatic rings. The Morgan fingerprint density at radius 1 is 1.04 bits per heavy atom. The second-order valence-corrected chi connectivity index (χ2v) is 13.2.